The Bertz CT molecular complexity index is 811. The summed E-state index contributed by atoms with van der Waals surface area (Å²) >= 11 is 8.26. The topological polar surface area (TPSA) is 69.2 Å². The van der Waals surface area contributed by atoms with Crippen LogP contribution in [0.4, 0.5) is 0 Å². The Morgan fingerprint density at radius 2 is 1.84 bits per heavy atom. The Morgan fingerprint density at radius 1 is 1.12 bits per heavy atom. The van der Waals surface area contributed by atoms with Gasteiger partial charge in [-0.2, -0.15) is 5.10 Å². The highest BCUT2D eigenvalue weighted by Gasteiger charge is 2.11. The molecule has 0 unspecified atom stereocenters. The molecule has 0 aliphatic carbocycles. The van der Waals surface area contributed by atoms with Gasteiger partial charge in [-0.3, -0.25) is 4.79 Å². The van der Waals surface area contributed by atoms with Crippen molar-refractivity contribution < 1.29 is 19.0 Å². The molecular weight excluding hydrogens is 459 g/mol. The summed E-state index contributed by atoms with van der Waals surface area (Å²) in [6.45, 7) is 0. The predicted molar refractivity (Wildman–Crippen MR) is 105 cm³/mol. The summed E-state index contributed by atoms with van der Waals surface area (Å²) in [6, 6.07) is 8.51. The molecule has 0 aromatic heterocycles. The fourth-order valence-electron chi connectivity index (χ4n) is 2.04. The first-order valence-electron chi connectivity index (χ1n) is 7.08. The first kappa shape index (κ1) is 19.3. The van der Waals surface area contributed by atoms with E-state index in [0.717, 1.165) is 3.57 Å². The molecule has 8 heteroatoms. The van der Waals surface area contributed by atoms with Crippen LogP contribution in [0.3, 0.4) is 0 Å². The van der Waals surface area contributed by atoms with E-state index in [0.29, 0.717) is 33.4 Å². The van der Waals surface area contributed by atoms with E-state index >= 15 is 0 Å². The molecule has 0 spiro atoms. The maximum Gasteiger partial charge on any atom is 0.271 e. The van der Waals surface area contributed by atoms with Crippen molar-refractivity contribution >= 4 is 46.3 Å². The van der Waals surface area contributed by atoms with Crippen molar-refractivity contribution in [1.29, 1.82) is 0 Å². The van der Waals surface area contributed by atoms with Crippen LogP contribution in [0.5, 0.6) is 17.2 Å². The van der Waals surface area contributed by atoms with Crippen molar-refractivity contribution in [1.82, 2.24) is 5.43 Å². The number of methoxy groups -OCH3 is 3. The molecule has 0 fully saturated rings. The number of carbonyl (C=O) groups is 1. The molecule has 0 heterocycles. The molecule has 6 nitrogen and oxygen atoms in total. The Kier molecular flexibility index (Phi) is 6.89. The zero-order chi connectivity index (χ0) is 18.4. The molecule has 0 atom stereocenters. The van der Waals surface area contributed by atoms with Crippen LogP contribution < -0.4 is 19.6 Å². The van der Waals surface area contributed by atoms with E-state index in [4.69, 9.17) is 25.8 Å². The van der Waals surface area contributed by atoms with Gasteiger partial charge >= 0.3 is 0 Å². The van der Waals surface area contributed by atoms with Crippen LogP contribution in [-0.4, -0.2) is 33.5 Å². The summed E-state index contributed by atoms with van der Waals surface area (Å²) in [5.41, 5.74) is 3.56. The average molecular weight is 475 g/mol. The lowest BCUT2D eigenvalue weighted by atomic mass is 10.2. The summed E-state index contributed by atoms with van der Waals surface area (Å²) in [6.07, 6.45) is 1.47. The van der Waals surface area contributed by atoms with Gasteiger partial charge in [0.1, 0.15) is 5.75 Å². The first-order chi connectivity index (χ1) is 12.0. The molecule has 1 N–H and O–H groups in total. The van der Waals surface area contributed by atoms with Gasteiger partial charge in [-0.15, -0.1) is 0 Å². The smallest absolute Gasteiger partial charge is 0.271 e. The highest BCUT2D eigenvalue weighted by Crippen LogP contribution is 2.35. The quantitative estimate of drug-likeness (QED) is 0.393. The molecule has 0 saturated heterocycles. The largest absolute Gasteiger partial charge is 0.496 e. The number of halogens is 2. The lowest BCUT2D eigenvalue weighted by Crippen LogP contribution is -2.17. The number of hydrogen-bond donors (Lipinski definition) is 1. The first-order valence-corrected chi connectivity index (χ1v) is 8.54. The number of benzene rings is 2. The standard InChI is InChI=1S/C17H16ClIN2O4/c1-23-14-8-11(4-5-13(14)19)17(22)21-20-9-10-6-12(18)16(25-3)15(7-10)24-2/h4-9H,1-3H3,(H,21,22)/b20-9-. The molecule has 2 rings (SSSR count). The van der Waals surface area contributed by atoms with Crippen LogP contribution in [0.15, 0.2) is 35.4 Å². The van der Waals surface area contributed by atoms with Crippen molar-refractivity contribution in [3.8, 4) is 17.2 Å². The van der Waals surface area contributed by atoms with Gasteiger partial charge in [-0.05, 0) is 58.5 Å². The Morgan fingerprint density at radius 3 is 2.48 bits per heavy atom. The van der Waals surface area contributed by atoms with Crippen molar-refractivity contribution in [2.75, 3.05) is 21.3 Å². The Hall–Kier alpha value is -2.00. The van der Waals surface area contributed by atoms with Gasteiger partial charge in [0, 0.05) is 5.56 Å². The van der Waals surface area contributed by atoms with Crippen LogP contribution in [-0.2, 0) is 0 Å². The summed E-state index contributed by atoms with van der Waals surface area (Å²) < 4.78 is 16.5. The van der Waals surface area contributed by atoms with Crippen LogP contribution in [0.2, 0.25) is 5.02 Å². The molecule has 0 aliphatic rings. The monoisotopic (exact) mass is 474 g/mol. The third kappa shape index (κ3) is 4.76. The molecule has 0 radical (unpaired) electrons. The number of ether oxygens (including phenoxy) is 3. The highest BCUT2D eigenvalue weighted by molar-refractivity contribution is 14.1. The number of hydrogen-bond acceptors (Lipinski definition) is 5. The minimum Gasteiger partial charge on any atom is -0.496 e. The number of hydrazone groups is 1. The second-order valence-electron chi connectivity index (χ2n) is 4.79. The molecule has 25 heavy (non-hydrogen) atoms. The summed E-state index contributed by atoms with van der Waals surface area (Å²) in [5.74, 6) is 1.20. The van der Waals surface area contributed by atoms with E-state index in [1.165, 1.54) is 20.4 Å². The number of nitrogens with one attached hydrogen (secondary N) is 1. The SMILES string of the molecule is COc1cc(C(=O)N/N=C\c2cc(Cl)c(OC)c(OC)c2)ccc1I. The van der Waals surface area contributed by atoms with E-state index in [-0.39, 0.29) is 5.91 Å². The third-order valence-corrected chi connectivity index (χ3v) is 4.42. The fraction of sp³-hybridized carbons (Fsp3) is 0.176. The Labute approximate surface area is 164 Å². The van der Waals surface area contributed by atoms with E-state index in [1.807, 2.05) is 0 Å². The van der Waals surface area contributed by atoms with Crippen LogP contribution in [0, 0.1) is 3.57 Å². The van der Waals surface area contributed by atoms with E-state index in [2.05, 4.69) is 33.1 Å². The lowest BCUT2D eigenvalue weighted by molar-refractivity contribution is 0.0954. The van der Waals surface area contributed by atoms with Crippen molar-refractivity contribution in [2.24, 2.45) is 5.10 Å². The molecule has 1 amide bonds. The van der Waals surface area contributed by atoms with Gasteiger partial charge in [0.25, 0.3) is 5.91 Å². The van der Waals surface area contributed by atoms with Crippen molar-refractivity contribution in [3.05, 3.63) is 50.1 Å². The molecule has 0 aliphatic heterocycles. The van der Waals surface area contributed by atoms with Crippen LogP contribution in [0.1, 0.15) is 15.9 Å². The Balaban J connectivity index is 2.13. The fourth-order valence-corrected chi connectivity index (χ4v) is 2.90. The van der Waals surface area contributed by atoms with Crippen molar-refractivity contribution in [2.45, 2.75) is 0 Å². The second kappa shape index (κ2) is 8.91. The van der Waals surface area contributed by atoms with E-state index in [1.54, 1.807) is 37.4 Å². The summed E-state index contributed by atoms with van der Waals surface area (Å²) in [5, 5.41) is 4.33. The molecule has 2 aromatic carbocycles. The summed E-state index contributed by atoms with van der Waals surface area (Å²) in [4.78, 5) is 12.2. The summed E-state index contributed by atoms with van der Waals surface area (Å²) in [7, 11) is 4.58. The minimum absolute atomic E-state index is 0.350. The maximum atomic E-state index is 12.2. The number of carbonyl (C=O) groups excluding carboxylic acids is 1. The van der Waals surface area contributed by atoms with Gasteiger partial charge in [0.05, 0.1) is 36.1 Å². The number of nitrogens with zero attached hydrogens (tertiary/aromatic N) is 1. The van der Waals surface area contributed by atoms with Gasteiger partial charge in [-0.25, -0.2) is 5.43 Å². The van der Waals surface area contributed by atoms with Crippen LogP contribution >= 0.6 is 34.2 Å². The average Bonchev–Trinajstić information content (AvgIpc) is 2.61. The van der Waals surface area contributed by atoms with Gasteiger partial charge in [0.2, 0.25) is 0 Å². The normalized spacial score (nSPS) is 10.6. The van der Waals surface area contributed by atoms with Crippen molar-refractivity contribution in [3.63, 3.8) is 0 Å². The molecule has 2 aromatic rings. The lowest BCUT2D eigenvalue weighted by Gasteiger charge is -2.10. The molecule has 132 valence electrons. The minimum atomic E-state index is -0.350. The predicted octanol–water partition coefficient (Wildman–Crippen LogP) is 3.73. The number of amides is 1. The number of rotatable bonds is 6. The van der Waals surface area contributed by atoms with E-state index in [9.17, 15) is 4.79 Å². The highest BCUT2D eigenvalue weighted by atomic mass is 127. The van der Waals surface area contributed by atoms with E-state index < -0.39 is 0 Å². The second-order valence-corrected chi connectivity index (χ2v) is 6.36. The molecule has 0 bridgehead atoms. The zero-order valence-corrected chi connectivity index (χ0v) is 16.7. The zero-order valence-electron chi connectivity index (χ0n) is 13.8. The van der Waals surface area contributed by atoms with Gasteiger partial charge in [-0.1, -0.05) is 11.6 Å². The van der Waals surface area contributed by atoms with Crippen LogP contribution in [0.25, 0.3) is 0 Å². The van der Waals surface area contributed by atoms with Gasteiger partial charge in [0.15, 0.2) is 11.5 Å². The third-order valence-electron chi connectivity index (χ3n) is 3.25. The maximum absolute atomic E-state index is 12.2. The van der Waals surface area contributed by atoms with Gasteiger partial charge < -0.3 is 14.2 Å². The molecular formula is C17H16ClIN2O4. The molecule has 0 saturated carbocycles.